The minimum absolute atomic E-state index is 0.586. The van der Waals surface area contributed by atoms with E-state index in [4.69, 9.17) is 15.2 Å². The minimum Gasteiger partial charge on any atom is -0.486 e. The van der Waals surface area contributed by atoms with Crippen LogP contribution in [0.25, 0.3) is 0 Å². The number of thioether (sulfide) groups is 1. The van der Waals surface area contributed by atoms with Gasteiger partial charge in [-0.3, -0.25) is 0 Å². The third kappa shape index (κ3) is 2.85. The second kappa shape index (κ2) is 5.67. The summed E-state index contributed by atoms with van der Waals surface area (Å²) in [6, 6.07) is 12.3. The molecule has 0 radical (unpaired) electrons. The predicted molar refractivity (Wildman–Crippen MR) is 82.6 cm³/mol. The second-order valence-corrected chi connectivity index (χ2v) is 5.83. The minimum atomic E-state index is 0.586. The zero-order chi connectivity index (χ0) is 13.9. The van der Waals surface area contributed by atoms with Gasteiger partial charge in [0.2, 0.25) is 0 Å². The molecule has 1 aliphatic heterocycles. The van der Waals surface area contributed by atoms with Crippen molar-refractivity contribution in [3.05, 3.63) is 47.5 Å². The summed E-state index contributed by atoms with van der Waals surface area (Å²) in [6.45, 7) is 3.29. The lowest BCUT2D eigenvalue weighted by atomic mass is 10.2. The van der Waals surface area contributed by atoms with E-state index in [1.165, 1.54) is 11.1 Å². The number of hydrogen-bond acceptors (Lipinski definition) is 4. The highest BCUT2D eigenvalue weighted by Gasteiger charge is 2.14. The van der Waals surface area contributed by atoms with Crippen LogP contribution in [0.5, 0.6) is 11.5 Å². The molecule has 0 bridgehead atoms. The molecule has 1 heterocycles. The zero-order valence-corrected chi connectivity index (χ0v) is 12.2. The summed E-state index contributed by atoms with van der Waals surface area (Å²) in [5.41, 5.74) is 9.40. The van der Waals surface area contributed by atoms with Crippen LogP contribution in [0.15, 0.2) is 41.3 Å². The Labute approximate surface area is 123 Å². The number of nitrogen functional groups attached to an aromatic ring is 1. The van der Waals surface area contributed by atoms with Gasteiger partial charge in [-0.1, -0.05) is 29.8 Å². The van der Waals surface area contributed by atoms with Crippen LogP contribution in [0, 0.1) is 6.92 Å². The first-order valence-electron chi connectivity index (χ1n) is 6.60. The second-order valence-electron chi connectivity index (χ2n) is 4.81. The van der Waals surface area contributed by atoms with Gasteiger partial charge >= 0.3 is 0 Å². The summed E-state index contributed by atoms with van der Waals surface area (Å²) in [5.74, 6) is 2.43. The maximum Gasteiger partial charge on any atom is 0.163 e. The Hall–Kier alpha value is -1.81. The molecule has 2 aromatic rings. The van der Waals surface area contributed by atoms with E-state index in [0.717, 1.165) is 27.8 Å². The predicted octanol–water partition coefficient (Wildman–Crippen LogP) is 3.64. The van der Waals surface area contributed by atoms with E-state index in [1.54, 1.807) is 11.8 Å². The molecule has 0 amide bonds. The number of aryl methyl sites for hydroxylation is 1. The Morgan fingerprint density at radius 2 is 1.85 bits per heavy atom. The summed E-state index contributed by atoms with van der Waals surface area (Å²) < 4.78 is 11.1. The molecular formula is C16H17NO2S. The normalized spacial score (nSPS) is 13.2. The number of rotatable bonds is 3. The molecule has 1 aliphatic rings. The number of benzene rings is 2. The van der Waals surface area contributed by atoms with Gasteiger partial charge in [0, 0.05) is 22.4 Å². The highest BCUT2D eigenvalue weighted by molar-refractivity contribution is 7.98. The van der Waals surface area contributed by atoms with Crippen LogP contribution in [0.4, 0.5) is 5.69 Å². The van der Waals surface area contributed by atoms with Gasteiger partial charge in [0.25, 0.3) is 0 Å². The topological polar surface area (TPSA) is 44.5 Å². The Bertz CT molecular complexity index is 628. The Balaban J connectivity index is 1.77. The molecule has 0 unspecified atom stereocenters. The van der Waals surface area contributed by atoms with Crippen molar-refractivity contribution in [3.63, 3.8) is 0 Å². The number of ether oxygens (including phenoxy) is 2. The molecule has 3 nitrogen and oxygen atoms in total. The van der Waals surface area contributed by atoms with Crippen molar-refractivity contribution in [2.45, 2.75) is 17.6 Å². The van der Waals surface area contributed by atoms with Gasteiger partial charge in [-0.05, 0) is 18.6 Å². The van der Waals surface area contributed by atoms with Crippen LogP contribution in [-0.2, 0) is 5.75 Å². The summed E-state index contributed by atoms with van der Waals surface area (Å²) in [4.78, 5) is 1.04. The first-order valence-corrected chi connectivity index (χ1v) is 7.58. The Morgan fingerprint density at radius 3 is 2.60 bits per heavy atom. The molecule has 20 heavy (non-hydrogen) atoms. The van der Waals surface area contributed by atoms with E-state index in [1.807, 2.05) is 12.1 Å². The van der Waals surface area contributed by atoms with Gasteiger partial charge in [-0.15, -0.1) is 11.8 Å². The van der Waals surface area contributed by atoms with E-state index in [0.29, 0.717) is 13.2 Å². The molecule has 0 spiro atoms. The first kappa shape index (κ1) is 13.2. The highest BCUT2D eigenvalue weighted by Crippen LogP contribution is 2.39. The fraction of sp³-hybridized carbons (Fsp3) is 0.250. The van der Waals surface area contributed by atoms with Crippen molar-refractivity contribution >= 4 is 17.4 Å². The fourth-order valence-corrected chi connectivity index (χ4v) is 3.09. The van der Waals surface area contributed by atoms with Crippen LogP contribution >= 0.6 is 11.8 Å². The summed E-state index contributed by atoms with van der Waals surface area (Å²) in [6.07, 6.45) is 0. The van der Waals surface area contributed by atoms with E-state index >= 15 is 0 Å². The van der Waals surface area contributed by atoms with Crippen molar-refractivity contribution in [3.8, 4) is 11.5 Å². The number of anilines is 1. The molecule has 3 rings (SSSR count). The molecule has 0 fully saturated rings. The van der Waals surface area contributed by atoms with E-state index in [2.05, 4.69) is 31.2 Å². The van der Waals surface area contributed by atoms with E-state index in [-0.39, 0.29) is 0 Å². The number of hydrogen-bond donors (Lipinski definition) is 1. The Kier molecular flexibility index (Phi) is 3.74. The van der Waals surface area contributed by atoms with Gasteiger partial charge in [0.1, 0.15) is 13.2 Å². The quantitative estimate of drug-likeness (QED) is 0.691. The van der Waals surface area contributed by atoms with Crippen molar-refractivity contribution < 1.29 is 9.47 Å². The van der Waals surface area contributed by atoms with Gasteiger partial charge in [0.15, 0.2) is 11.5 Å². The van der Waals surface area contributed by atoms with E-state index in [9.17, 15) is 0 Å². The molecule has 4 heteroatoms. The molecule has 104 valence electrons. The van der Waals surface area contributed by atoms with Gasteiger partial charge in [-0.25, -0.2) is 0 Å². The number of fused-ring (bicyclic) bond motifs is 1. The maximum atomic E-state index is 6.08. The van der Waals surface area contributed by atoms with Crippen LogP contribution in [-0.4, -0.2) is 13.2 Å². The SMILES string of the molecule is Cc1cccc(CSc2cc3c(cc2N)OCCO3)c1. The van der Waals surface area contributed by atoms with Crippen LogP contribution in [0.2, 0.25) is 0 Å². The lowest BCUT2D eigenvalue weighted by Crippen LogP contribution is -2.15. The molecule has 0 aromatic heterocycles. The van der Waals surface area contributed by atoms with Crippen molar-refractivity contribution in [1.29, 1.82) is 0 Å². The largest absolute Gasteiger partial charge is 0.486 e. The maximum absolute atomic E-state index is 6.08. The van der Waals surface area contributed by atoms with Gasteiger partial charge < -0.3 is 15.2 Å². The monoisotopic (exact) mass is 287 g/mol. The molecular weight excluding hydrogens is 270 g/mol. The Morgan fingerprint density at radius 1 is 1.10 bits per heavy atom. The zero-order valence-electron chi connectivity index (χ0n) is 11.4. The average Bonchev–Trinajstić information content (AvgIpc) is 2.45. The molecule has 2 N–H and O–H groups in total. The molecule has 0 atom stereocenters. The third-order valence-electron chi connectivity index (χ3n) is 3.15. The summed E-state index contributed by atoms with van der Waals surface area (Å²) in [5, 5.41) is 0. The molecule has 0 saturated carbocycles. The number of nitrogens with two attached hydrogens (primary N) is 1. The van der Waals surface area contributed by atoms with E-state index < -0.39 is 0 Å². The van der Waals surface area contributed by atoms with Crippen LogP contribution < -0.4 is 15.2 Å². The van der Waals surface area contributed by atoms with Crippen molar-refractivity contribution in [2.24, 2.45) is 0 Å². The fourth-order valence-electron chi connectivity index (χ4n) is 2.17. The standard InChI is InChI=1S/C16H17NO2S/c1-11-3-2-4-12(7-11)10-20-16-9-15-14(8-13(16)17)18-5-6-19-15/h2-4,7-9H,5-6,10,17H2,1H3. The third-order valence-corrected chi connectivity index (χ3v) is 4.29. The molecule has 0 saturated heterocycles. The molecule has 0 aliphatic carbocycles. The summed E-state index contributed by atoms with van der Waals surface area (Å²) >= 11 is 1.72. The van der Waals surface area contributed by atoms with Gasteiger partial charge in [0.05, 0.1) is 0 Å². The van der Waals surface area contributed by atoms with Gasteiger partial charge in [-0.2, -0.15) is 0 Å². The van der Waals surface area contributed by atoms with Crippen molar-refractivity contribution in [1.82, 2.24) is 0 Å². The van der Waals surface area contributed by atoms with Crippen LogP contribution in [0.1, 0.15) is 11.1 Å². The lowest BCUT2D eigenvalue weighted by molar-refractivity contribution is 0.171. The van der Waals surface area contributed by atoms with Crippen molar-refractivity contribution in [2.75, 3.05) is 18.9 Å². The highest BCUT2D eigenvalue weighted by atomic mass is 32.2. The van der Waals surface area contributed by atoms with Crippen LogP contribution in [0.3, 0.4) is 0 Å². The lowest BCUT2D eigenvalue weighted by Gasteiger charge is -2.20. The summed E-state index contributed by atoms with van der Waals surface area (Å²) in [7, 11) is 0. The molecule has 2 aromatic carbocycles. The first-order chi connectivity index (χ1) is 9.72. The smallest absolute Gasteiger partial charge is 0.163 e. The average molecular weight is 287 g/mol.